The second-order valence-corrected chi connectivity index (χ2v) is 13.1. The first-order valence-corrected chi connectivity index (χ1v) is 15.3. The summed E-state index contributed by atoms with van der Waals surface area (Å²) < 4.78 is 55.3. The molecule has 4 N–H and O–H groups in total. The minimum atomic E-state index is -4.09. The normalized spacial score (nSPS) is 15.9. The molecule has 0 aliphatic carbocycles. The quantitative estimate of drug-likeness (QED) is 0.268. The molecule has 0 bridgehead atoms. The number of hydrogen-bond donors (Lipinski definition) is 3. The summed E-state index contributed by atoms with van der Waals surface area (Å²) >= 11 is 0. The van der Waals surface area contributed by atoms with E-state index in [1.165, 1.54) is 15.3 Å². The first-order chi connectivity index (χ1) is 18.0. The fourth-order valence-electron chi connectivity index (χ4n) is 4.46. The molecule has 0 aromatic heterocycles. The Bertz CT molecular complexity index is 1570. The zero-order chi connectivity index (χ0) is 27.5. The average molecular weight is 558 g/mol. The predicted molar refractivity (Wildman–Crippen MR) is 147 cm³/mol. The van der Waals surface area contributed by atoms with Crippen LogP contribution in [0.4, 0.5) is 0 Å². The van der Waals surface area contributed by atoms with Crippen molar-refractivity contribution in [1.82, 2.24) is 13.9 Å². The third-order valence-electron chi connectivity index (χ3n) is 6.61. The maximum absolute atomic E-state index is 13.6. The van der Waals surface area contributed by atoms with E-state index in [0.717, 1.165) is 10.8 Å². The molecule has 1 heterocycles. The van der Waals surface area contributed by atoms with E-state index in [0.29, 0.717) is 11.1 Å². The van der Waals surface area contributed by atoms with Gasteiger partial charge in [0.2, 0.25) is 26.0 Å². The fourth-order valence-corrected chi connectivity index (χ4v) is 6.77. The van der Waals surface area contributed by atoms with Crippen LogP contribution in [0.1, 0.15) is 18.1 Å². The number of nitrogens with zero attached hydrogens (tertiary/aromatic N) is 2. The number of fused-ring (bicyclic) bond motifs is 1. The van der Waals surface area contributed by atoms with Crippen molar-refractivity contribution in [2.75, 3.05) is 31.9 Å². The van der Waals surface area contributed by atoms with Crippen molar-refractivity contribution in [2.45, 2.75) is 24.3 Å². The van der Waals surface area contributed by atoms with Crippen LogP contribution in [-0.2, 0) is 31.3 Å². The van der Waals surface area contributed by atoms with Gasteiger partial charge in [0.05, 0.1) is 10.6 Å². The molecular weight excluding hydrogens is 526 g/mol. The van der Waals surface area contributed by atoms with Crippen molar-refractivity contribution in [3.8, 4) is 0 Å². The number of nitrogens with two attached hydrogens (primary N) is 1. The van der Waals surface area contributed by atoms with Crippen molar-refractivity contribution >= 4 is 42.6 Å². The molecule has 0 spiro atoms. The van der Waals surface area contributed by atoms with Crippen LogP contribution in [-0.4, -0.2) is 75.8 Å². The lowest BCUT2D eigenvalue weighted by Crippen LogP contribution is -2.56. The number of nitrogens with one attached hydrogen (secondary N) is 2. The van der Waals surface area contributed by atoms with Gasteiger partial charge in [0.25, 0.3) is 0 Å². The molecule has 0 radical (unpaired) electrons. The van der Waals surface area contributed by atoms with E-state index in [1.807, 2.05) is 24.3 Å². The van der Waals surface area contributed by atoms with Crippen LogP contribution < -0.4 is 10.5 Å². The highest BCUT2D eigenvalue weighted by molar-refractivity contribution is 7.89. The number of benzene rings is 3. The highest BCUT2D eigenvalue weighted by atomic mass is 32.2. The topological polar surface area (TPSA) is 154 Å². The molecular formula is C26H31N5O5S2. The minimum Gasteiger partial charge on any atom is -0.384 e. The number of rotatable bonds is 9. The summed E-state index contributed by atoms with van der Waals surface area (Å²) in [4.78, 5) is 15.2. The Morgan fingerprint density at radius 3 is 2.29 bits per heavy atom. The van der Waals surface area contributed by atoms with Crippen LogP contribution in [0, 0.1) is 5.41 Å². The molecule has 1 aliphatic rings. The lowest BCUT2D eigenvalue weighted by Gasteiger charge is -2.35. The first-order valence-electron chi connectivity index (χ1n) is 12.2. The Kier molecular flexibility index (Phi) is 8.16. The van der Waals surface area contributed by atoms with Crippen LogP contribution in [0.3, 0.4) is 0 Å². The highest BCUT2D eigenvalue weighted by Crippen LogP contribution is 2.20. The van der Waals surface area contributed by atoms with Gasteiger partial charge in [0.15, 0.2) is 0 Å². The largest absolute Gasteiger partial charge is 0.384 e. The van der Waals surface area contributed by atoms with E-state index in [-0.39, 0.29) is 49.1 Å². The van der Waals surface area contributed by atoms with E-state index in [4.69, 9.17) is 11.1 Å². The Morgan fingerprint density at radius 1 is 0.947 bits per heavy atom. The molecule has 1 atom stereocenters. The van der Waals surface area contributed by atoms with Crippen molar-refractivity contribution < 1.29 is 21.6 Å². The predicted octanol–water partition coefficient (Wildman–Crippen LogP) is 1.51. The molecule has 38 heavy (non-hydrogen) atoms. The lowest BCUT2D eigenvalue weighted by molar-refractivity contribution is -0.134. The Hall–Kier alpha value is -3.32. The molecule has 12 heteroatoms. The second-order valence-electron chi connectivity index (χ2n) is 9.13. The summed E-state index contributed by atoms with van der Waals surface area (Å²) in [5, 5.41) is 9.34. The van der Waals surface area contributed by atoms with E-state index in [1.54, 1.807) is 43.3 Å². The Morgan fingerprint density at radius 2 is 1.63 bits per heavy atom. The third-order valence-corrected chi connectivity index (χ3v) is 9.96. The molecule has 10 nitrogen and oxygen atoms in total. The molecule has 1 fully saturated rings. The van der Waals surface area contributed by atoms with Gasteiger partial charge >= 0.3 is 0 Å². The number of piperazine rings is 1. The maximum atomic E-state index is 13.6. The highest BCUT2D eigenvalue weighted by Gasteiger charge is 2.33. The van der Waals surface area contributed by atoms with Crippen LogP contribution in [0.25, 0.3) is 10.8 Å². The van der Waals surface area contributed by atoms with Crippen LogP contribution in [0.15, 0.2) is 71.6 Å². The molecule has 4 rings (SSSR count). The number of carbonyl (C=O) groups is 1. The monoisotopic (exact) mass is 557 g/mol. The summed E-state index contributed by atoms with van der Waals surface area (Å²) in [7, 11) is -7.47. The average Bonchev–Trinajstić information content (AvgIpc) is 2.92. The van der Waals surface area contributed by atoms with E-state index in [2.05, 4.69) is 4.72 Å². The van der Waals surface area contributed by atoms with Crippen LogP contribution in [0.2, 0.25) is 0 Å². The van der Waals surface area contributed by atoms with Gasteiger partial charge in [-0.2, -0.15) is 9.03 Å². The van der Waals surface area contributed by atoms with Gasteiger partial charge in [-0.15, -0.1) is 0 Å². The molecule has 1 aliphatic heterocycles. The van der Waals surface area contributed by atoms with Gasteiger partial charge in [-0.05, 0) is 47.9 Å². The number of nitrogen functional groups attached to an aromatic ring is 1. The number of hydrogen-bond acceptors (Lipinski definition) is 6. The fraction of sp³-hybridized carbons (Fsp3) is 0.308. The smallest absolute Gasteiger partial charge is 0.241 e. The standard InChI is InChI=1S/C26H31N5O5S2/c1-2-37(33,34)31-14-12-30(13-15-31)26(32)24(17-19-6-5-9-22(16-19)25(27)28)29-38(35,36)23-11-10-20-7-3-4-8-21(20)18-23/h3-11,16,18,24,29H,2,12-15,17H2,1H3,(H3,27,28). The molecule has 202 valence electrons. The number of amidine groups is 1. The zero-order valence-electron chi connectivity index (χ0n) is 21.0. The summed E-state index contributed by atoms with van der Waals surface area (Å²) in [6, 6.07) is 17.7. The van der Waals surface area contributed by atoms with Gasteiger partial charge in [-0.25, -0.2) is 16.8 Å². The summed E-state index contributed by atoms with van der Waals surface area (Å²) in [5.41, 5.74) is 6.71. The van der Waals surface area contributed by atoms with Crippen molar-refractivity contribution in [3.63, 3.8) is 0 Å². The van der Waals surface area contributed by atoms with Crippen molar-refractivity contribution in [2.24, 2.45) is 5.73 Å². The minimum absolute atomic E-state index is 0.0262. The van der Waals surface area contributed by atoms with Gasteiger partial charge in [-0.1, -0.05) is 48.5 Å². The molecule has 1 saturated heterocycles. The first kappa shape index (κ1) is 27.7. The number of sulfonamides is 2. The lowest BCUT2D eigenvalue weighted by atomic mass is 10.0. The van der Waals surface area contributed by atoms with Crippen LogP contribution >= 0.6 is 0 Å². The summed E-state index contributed by atoms with van der Waals surface area (Å²) in [6.45, 7) is 2.16. The molecule has 0 saturated carbocycles. The molecule has 3 aromatic carbocycles. The maximum Gasteiger partial charge on any atom is 0.241 e. The third kappa shape index (κ3) is 6.21. The molecule has 3 aromatic rings. The Balaban J connectivity index is 1.61. The van der Waals surface area contributed by atoms with Crippen LogP contribution in [0.5, 0.6) is 0 Å². The summed E-state index contributed by atoms with van der Waals surface area (Å²) in [6.07, 6.45) is 0.0280. The summed E-state index contributed by atoms with van der Waals surface area (Å²) in [5.74, 6) is -0.613. The molecule has 1 unspecified atom stereocenters. The van der Waals surface area contributed by atoms with Crippen molar-refractivity contribution in [3.05, 3.63) is 77.9 Å². The SMILES string of the molecule is CCS(=O)(=O)N1CCN(C(=O)C(Cc2cccc(C(=N)N)c2)NS(=O)(=O)c2ccc3ccccc3c2)CC1. The van der Waals surface area contributed by atoms with Gasteiger partial charge < -0.3 is 10.6 Å². The Labute approximate surface area is 223 Å². The van der Waals surface area contributed by atoms with E-state index in [9.17, 15) is 21.6 Å². The van der Waals surface area contributed by atoms with Gasteiger partial charge in [0, 0.05) is 31.7 Å². The molecule has 1 amide bonds. The second kappa shape index (κ2) is 11.2. The van der Waals surface area contributed by atoms with E-state index < -0.39 is 32.0 Å². The number of carbonyl (C=O) groups excluding carboxylic acids is 1. The van der Waals surface area contributed by atoms with E-state index >= 15 is 0 Å². The van der Waals surface area contributed by atoms with Gasteiger partial charge in [0.1, 0.15) is 11.9 Å². The van der Waals surface area contributed by atoms with Gasteiger partial charge in [-0.3, -0.25) is 10.2 Å². The van der Waals surface area contributed by atoms with Crippen molar-refractivity contribution in [1.29, 1.82) is 5.41 Å². The zero-order valence-corrected chi connectivity index (χ0v) is 22.6. The number of amides is 1.